The molecule has 2 rings (SSSR count). The zero-order valence-corrected chi connectivity index (χ0v) is 10.8. The van der Waals surface area contributed by atoms with E-state index < -0.39 is 32.6 Å². The Bertz CT molecular complexity index is 457. The van der Waals surface area contributed by atoms with Crippen molar-refractivity contribution in [2.45, 2.75) is 6.92 Å². The second-order valence-corrected chi connectivity index (χ2v) is 6.28. The van der Waals surface area contributed by atoms with Crippen LogP contribution < -0.4 is 4.74 Å². The van der Waals surface area contributed by atoms with Crippen LogP contribution in [0.15, 0.2) is 18.2 Å². The molecule has 0 aliphatic carbocycles. The average molecular weight is 336 g/mol. The zero-order valence-electron chi connectivity index (χ0n) is 8.65. The maximum atomic E-state index is 11.5. The molecule has 1 heterocycles. The third-order valence-corrected chi connectivity index (χ3v) is 5.59. The van der Waals surface area contributed by atoms with E-state index in [1.54, 1.807) is 18.2 Å². The fourth-order valence-electron chi connectivity index (χ4n) is 1.23. The van der Waals surface area contributed by atoms with E-state index in [4.69, 9.17) is 10.9 Å². The Morgan fingerprint density at radius 2 is 2.19 bits per heavy atom. The van der Waals surface area contributed by atoms with Crippen LogP contribution in [0, 0.1) is 3.57 Å². The van der Waals surface area contributed by atoms with Crippen LogP contribution in [0.25, 0.3) is 0 Å². The van der Waals surface area contributed by atoms with Gasteiger partial charge in [-0.25, -0.2) is 0 Å². The number of hydrogen-bond donors (Lipinski definition) is 0. The molecule has 5 nitrogen and oxygen atoms in total. The summed E-state index contributed by atoms with van der Waals surface area (Å²) in [5, 5.41) is 0. The van der Waals surface area contributed by atoms with E-state index in [0.717, 1.165) is 0 Å². The van der Waals surface area contributed by atoms with Crippen LogP contribution >= 0.6 is 20.6 Å². The van der Waals surface area contributed by atoms with Gasteiger partial charge in [0.05, 0.1) is 0 Å². The normalized spacial score (nSPS) is 15.4. The molecule has 0 unspecified atom stereocenters. The van der Waals surface area contributed by atoms with E-state index in [2.05, 4.69) is 0 Å². The minimum atomic E-state index is -2.57. The number of carbonyl (C=O) groups is 2. The van der Waals surface area contributed by atoms with E-state index >= 15 is 0 Å². The molecule has 0 radical (unpaired) electrons. The first kappa shape index (κ1) is 11.2. The Balaban J connectivity index is 2.36. The van der Waals surface area contributed by atoms with Crippen molar-refractivity contribution in [1.82, 2.24) is 0 Å². The van der Waals surface area contributed by atoms with Crippen molar-refractivity contribution in [2.24, 2.45) is 0 Å². The van der Waals surface area contributed by atoms with Gasteiger partial charge in [0.15, 0.2) is 0 Å². The van der Waals surface area contributed by atoms with Crippen molar-refractivity contribution < 1.29 is 20.5 Å². The van der Waals surface area contributed by atoms with Gasteiger partial charge in [0.1, 0.15) is 0 Å². The summed E-state index contributed by atoms with van der Waals surface area (Å²) in [4.78, 5) is 22.3. The maximum absolute atomic E-state index is 11.5. The number of methoxy groups -OCH3 is 1. The summed E-state index contributed by atoms with van der Waals surface area (Å²) in [6.07, 6.45) is 0. The van der Waals surface area contributed by atoms with Crippen LogP contribution in [-0.2, 0) is 10.9 Å². The second kappa shape index (κ2) is 4.28. The fraction of sp³-hybridized carbons (Fsp3) is 0.200. The predicted molar refractivity (Wildman–Crippen MR) is 62.9 cm³/mol. The summed E-state index contributed by atoms with van der Waals surface area (Å²) in [5.41, 5.74) is 0.436. The third kappa shape index (κ3) is 1.97. The van der Waals surface area contributed by atoms with Crippen molar-refractivity contribution >= 4 is 32.6 Å². The SMILES string of the molecule is COc1ccc2c(c1)C(=O)OI2OC(C)=O. The van der Waals surface area contributed by atoms with Crippen molar-refractivity contribution in [3.05, 3.63) is 27.3 Å². The molecule has 0 saturated carbocycles. The molecule has 16 heavy (non-hydrogen) atoms. The summed E-state index contributed by atoms with van der Waals surface area (Å²) in [7, 11) is 1.52. The second-order valence-electron chi connectivity index (χ2n) is 3.00. The number of carbonyl (C=O) groups excluding carboxylic acids is 2. The summed E-state index contributed by atoms with van der Waals surface area (Å²) in [5.74, 6) is -0.293. The quantitative estimate of drug-likeness (QED) is 0.773. The molecule has 0 N–H and O–H groups in total. The molecule has 6 heteroatoms. The monoisotopic (exact) mass is 336 g/mol. The number of fused-ring (bicyclic) bond motifs is 1. The van der Waals surface area contributed by atoms with Crippen LogP contribution in [-0.4, -0.2) is 19.0 Å². The molecular formula is C10H9IO5. The van der Waals surface area contributed by atoms with Crippen LogP contribution in [0.3, 0.4) is 0 Å². The number of ether oxygens (including phenoxy) is 1. The molecular weight excluding hydrogens is 327 g/mol. The van der Waals surface area contributed by atoms with Crippen LogP contribution in [0.2, 0.25) is 0 Å². The standard InChI is InChI=1S/C10H9IO5/c1-6(12)15-11-9-4-3-7(14-2)5-8(9)10(13)16-11/h3-5H,1-2H3. The molecule has 1 aliphatic rings. The first-order valence-electron chi connectivity index (χ1n) is 4.41. The molecule has 0 bridgehead atoms. The average Bonchev–Trinajstić information content (AvgIpc) is 2.54. The molecule has 0 saturated heterocycles. The van der Waals surface area contributed by atoms with Crippen molar-refractivity contribution in [3.8, 4) is 5.75 Å². The number of rotatable bonds is 2. The van der Waals surface area contributed by atoms with Crippen LogP contribution in [0.5, 0.6) is 5.75 Å². The van der Waals surface area contributed by atoms with Gasteiger partial charge in [-0.2, -0.15) is 0 Å². The molecule has 1 aromatic rings. The predicted octanol–water partition coefficient (Wildman–Crippen LogP) is 1.93. The third-order valence-electron chi connectivity index (χ3n) is 1.88. The van der Waals surface area contributed by atoms with E-state index in [9.17, 15) is 9.59 Å². The van der Waals surface area contributed by atoms with E-state index in [1.165, 1.54) is 14.0 Å². The van der Waals surface area contributed by atoms with E-state index in [0.29, 0.717) is 14.9 Å². The summed E-state index contributed by atoms with van der Waals surface area (Å²) in [6, 6.07) is 5.03. The Morgan fingerprint density at radius 3 is 2.81 bits per heavy atom. The van der Waals surface area contributed by atoms with E-state index in [-0.39, 0.29) is 0 Å². The number of hydrogen-bond acceptors (Lipinski definition) is 5. The summed E-state index contributed by atoms with van der Waals surface area (Å²) in [6.45, 7) is 1.30. The van der Waals surface area contributed by atoms with Crippen LogP contribution in [0.1, 0.15) is 17.3 Å². The van der Waals surface area contributed by atoms with Gasteiger partial charge in [0.2, 0.25) is 0 Å². The fourth-order valence-corrected chi connectivity index (χ4v) is 4.28. The van der Waals surface area contributed by atoms with Gasteiger partial charge in [-0.1, -0.05) is 0 Å². The summed E-state index contributed by atoms with van der Waals surface area (Å²) < 4.78 is 15.8. The summed E-state index contributed by atoms with van der Waals surface area (Å²) >= 11 is -2.57. The molecule has 1 aromatic carbocycles. The molecule has 0 aromatic heterocycles. The van der Waals surface area contributed by atoms with Crippen molar-refractivity contribution in [1.29, 1.82) is 0 Å². The Hall–Kier alpha value is -1.31. The zero-order chi connectivity index (χ0) is 11.7. The van der Waals surface area contributed by atoms with Gasteiger partial charge < -0.3 is 0 Å². The van der Waals surface area contributed by atoms with Crippen molar-refractivity contribution in [3.63, 3.8) is 0 Å². The Morgan fingerprint density at radius 1 is 1.44 bits per heavy atom. The molecule has 0 amide bonds. The number of benzene rings is 1. The first-order chi connectivity index (χ1) is 7.61. The van der Waals surface area contributed by atoms with E-state index in [1.807, 2.05) is 0 Å². The first-order valence-corrected chi connectivity index (χ1v) is 7.25. The Labute approximate surface area is 100 Å². The van der Waals surface area contributed by atoms with Gasteiger partial charge in [0.25, 0.3) is 0 Å². The minimum absolute atomic E-state index is 0.429. The van der Waals surface area contributed by atoms with Gasteiger partial charge in [-0.3, -0.25) is 0 Å². The topological polar surface area (TPSA) is 61.8 Å². The molecule has 86 valence electrons. The van der Waals surface area contributed by atoms with Crippen LogP contribution in [0.4, 0.5) is 0 Å². The van der Waals surface area contributed by atoms with Gasteiger partial charge in [-0.05, 0) is 0 Å². The molecule has 0 atom stereocenters. The van der Waals surface area contributed by atoms with Crippen molar-refractivity contribution in [2.75, 3.05) is 7.11 Å². The number of halogens is 1. The molecule has 1 aliphatic heterocycles. The Kier molecular flexibility index (Phi) is 2.99. The van der Waals surface area contributed by atoms with Gasteiger partial charge in [0, 0.05) is 0 Å². The molecule has 0 fully saturated rings. The van der Waals surface area contributed by atoms with Gasteiger partial charge in [-0.15, -0.1) is 0 Å². The molecule has 0 spiro atoms. The van der Waals surface area contributed by atoms with Gasteiger partial charge >= 0.3 is 100 Å².